The summed E-state index contributed by atoms with van der Waals surface area (Å²) in [6, 6.07) is 25.8. The van der Waals surface area contributed by atoms with Crippen molar-refractivity contribution in [2.45, 2.75) is 31.1 Å². The number of hydrogen-bond acceptors (Lipinski definition) is 7. The van der Waals surface area contributed by atoms with Crippen molar-refractivity contribution in [3.8, 4) is 5.75 Å². The summed E-state index contributed by atoms with van der Waals surface area (Å²) in [5.74, 6) is -2.95. The zero-order valence-electron chi connectivity index (χ0n) is 19.1. The van der Waals surface area contributed by atoms with E-state index < -0.39 is 29.2 Å². The maximum atomic E-state index is 13.8. The number of ether oxygens (including phenoxy) is 3. The number of rotatable bonds is 4. The summed E-state index contributed by atoms with van der Waals surface area (Å²) >= 11 is 0. The molecule has 1 fully saturated rings. The maximum absolute atomic E-state index is 13.8. The number of carbonyl (C=O) groups is 2. The van der Waals surface area contributed by atoms with Crippen LogP contribution >= 0.6 is 0 Å². The fourth-order valence-electron chi connectivity index (χ4n) is 4.54. The first-order valence-corrected chi connectivity index (χ1v) is 11.0. The van der Waals surface area contributed by atoms with Gasteiger partial charge in [0.25, 0.3) is 11.3 Å². The van der Waals surface area contributed by atoms with Crippen molar-refractivity contribution >= 4 is 23.3 Å². The molecule has 2 heterocycles. The molecule has 7 nitrogen and oxygen atoms in total. The van der Waals surface area contributed by atoms with Crippen LogP contribution in [-0.2, 0) is 19.1 Å². The van der Waals surface area contributed by atoms with E-state index in [2.05, 4.69) is 0 Å². The lowest BCUT2D eigenvalue weighted by Gasteiger charge is -2.44. The molecule has 0 amide bonds. The highest BCUT2D eigenvalue weighted by molar-refractivity contribution is 6.22. The number of benzene rings is 3. The summed E-state index contributed by atoms with van der Waals surface area (Å²) in [6.07, 6.45) is 0. The van der Waals surface area contributed by atoms with E-state index in [-0.39, 0.29) is 0 Å². The molecule has 3 aromatic carbocycles. The van der Waals surface area contributed by atoms with Gasteiger partial charge in [0.1, 0.15) is 5.75 Å². The average molecular weight is 456 g/mol. The molecule has 2 aliphatic rings. The summed E-state index contributed by atoms with van der Waals surface area (Å²) < 4.78 is 16.7. The Bertz CT molecular complexity index is 1230. The minimum atomic E-state index is -1.88. The zero-order chi connectivity index (χ0) is 23.9. The van der Waals surface area contributed by atoms with E-state index in [1.807, 2.05) is 60.7 Å². The Morgan fingerprint density at radius 3 is 1.94 bits per heavy atom. The van der Waals surface area contributed by atoms with Crippen molar-refractivity contribution in [3.63, 3.8) is 0 Å². The van der Waals surface area contributed by atoms with Crippen LogP contribution in [0.2, 0.25) is 0 Å². The fraction of sp³-hybridized carbons (Fsp3) is 0.222. The Balaban J connectivity index is 1.78. The van der Waals surface area contributed by atoms with Crippen LogP contribution in [0.4, 0.5) is 5.69 Å². The number of esters is 2. The summed E-state index contributed by atoms with van der Waals surface area (Å²) in [5.41, 5.74) is 0.738. The predicted octanol–water partition coefficient (Wildman–Crippen LogP) is 4.28. The number of methoxy groups -OCH3 is 1. The molecule has 0 bridgehead atoms. The monoisotopic (exact) mass is 456 g/mol. The molecule has 0 saturated carbocycles. The molecule has 0 aliphatic carbocycles. The number of nitrogens with zero attached hydrogens (tertiary/aromatic N) is 2. The molecule has 0 radical (unpaired) electrons. The lowest BCUT2D eigenvalue weighted by molar-refractivity contribution is -0.242. The molecule has 1 spiro atoms. The smallest absolute Gasteiger partial charge is 0.350 e. The normalized spacial score (nSPS) is 20.5. The molecule has 1 saturated heterocycles. The number of carbonyl (C=O) groups excluding carboxylic acids is 2. The van der Waals surface area contributed by atoms with Gasteiger partial charge < -0.3 is 14.2 Å². The van der Waals surface area contributed by atoms with E-state index in [1.54, 1.807) is 45.2 Å². The van der Waals surface area contributed by atoms with Crippen LogP contribution in [0.3, 0.4) is 0 Å². The molecule has 7 heteroatoms. The highest BCUT2D eigenvalue weighted by Gasteiger charge is 2.69. The molecular formula is C27H24N2O5. The third-order valence-corrected chi connectivity index (χ3v) is 6.05. The van der Waals surface area contributed by atoms with Gasteiger partial charge >= 0.3 is 11.9 Å². The number of para-hydroxylation sites is 1. The van der Waals surface area contributed by atoms with E-state index in [4.69, 9.17) is 19.3 Å². The number of hydrogen-bond donors (Lipinski definition) is 0. The van der Waals surface area contributed by atoms with Crippen LogP contribution in [0, 0.1) is 0 Å². The van der Waals surface area contributed by atoms with Crippen molar-refractivity contribution in [2.24, 2.45) is 5.10 Å². The predicted molar refractivity (Wildman–Crippen MR) is 127 cm³/mol. The Morgan fingerprint density at radius 2 is 1.38 bits per heavy atom. The third-order valence-electron chi connectivity index (χ3n) is 6.05. The van der Waals surface area contributed by atoms with Gasteiger partial charge in [0.2, 0.25) is 0 Å². The third kappa shape index (κ3) is 3.32. The van der Waals surface area contributed by atoms with Crippen molar-refractivity contribution in [1.82, 2.24) is 0 Å². The first-order chi connectivity index (χ1) is 16.4. The SMILES string of the molecule is COc1ccc(C2C(c3ccccc3)=NN(c3ccccc3)C23C(=O)OC(C)(C)OC3=O)cc1. The van der Waals surface area contributed by atoms with Gasteiger partial charge in [0.15, 0.2) is 0 Å². The molecule has 1 unspecified atom stereocenters. The zero-order valence-corrected chi connectivity index (χ0v) is 19.1. The fourth-order valence-corrected chi connectivity index (χ4v) is 4.54. The maximum Gasteiger partial charge on any atom is 0.350 e. The summed E-state index contributed by atoms with van der Waals surface area (Å²) in [4.78, 5) is 27.7. The lowest BCUT2D eigenvalue weighted by atomic mass is 9.74. The van der Waals surface area contributed by atoms with Gasteiger partial charge in [-0.05, 0) is 35.4 Å². The summed E-state index contributed by atoms with van der Waals surface area (Å²) in [7, 11) is 1.58. The van der Waals surface area contributed by atoms with Gasteiger partial charge in [0.05, 0.1) is 24.4 Å². The van der Waals surface area contributed by atoms with E-state index in [0.717, 1.165) is 5.56 Å². The van der Waals surface area contributed by atoms with Crippen LogP contribution in [0.1, 0.15) is 30.9 Å². The van der Waals surface area contributed by atoms with Crippen molar-refractivity contribution < 1.29 is 23.8 Å². The van der Waals surface area contributed by atoms with Crippen LogP contribution in [0.15, 0.2) is 90.0 Å². The first kappa shape index (κ1) is 21.7. The van der Waals surface area contributed by atoms with Crippen molar-refractivity contribution in [3.05, 3.63) is 96.1 Å². The van der Waals surface area contributed by atoms with Gasteiger partial charge in [-0.1, -0.05) is 60.7 Å². The van der Waals surface area contributed by atoms with Crippen molar-refractivity contribution in [2.75, 3.05) is 12.1 Å². The number of anilines is 1. The highest BCUT2D eigenvalue weighted by Crippen LogP contribution is 2.49. The van der Waals surface area contributed by atoms with Crippen LogP contribution < -0.4 is 9.75 Å². The minimum absolute atomic E-state index is 0.559. The Kier molecular flexibility index (Phi) is 5.12. The van der Waals surface area contributed by atoms with Gasteiger partial charge in [-0.15, -0.1) is 0 Å². The van der Waals surface area contributed by atoms with Crippen molar-refractivity contribution in [1.29, 1.82) is 0 Å². The minimum Gasteiger partial charge on any atom is -0.497 e. The quantitative estimate of drug-likeness (QED) is 0.431. The van der Waals surface area contributed by atoms with Gasteiger partial charge in [-0.3, -0.25) is 0 Å². The van der Waals surface area contributed by atoms with Crippen LogP contribution in [-0.4, -0.2) is 36.1 Å². The molecule has 172 valence electrons. The Labute approximate surface area is 197 Å². The summed E-state index contributed by atoms with van der Waals surface area (Å²) in [6.45, 7) is 3.08. The second kappa shape index (κ2) is 8.02. The Morgan fingerprint density at radius 1 is 0.824 bits per heavy atom. The number of hydrazone groups is 1. The molecule has 2 aliphatic heterocycles. The second-order valence-electron chi connectivity index (χ2n) is 8.65. The second-order valence-corrected chi connectivity index (χ2v) is 8.65. The molecule has 1 atom stereocenters. The van der Waals surface area contributed by atoms with E-state index in [1.165, 1.54) is 5.01 Å². The van der Waals surface area contributed by atoms with Gasteiger partial charge in [0, 0.05) is 13.8 Å². The van der Waals surface area contributed by atoms with Gasteiger partial charge in [-0.2, -0.15) is 5.10 Å². The lowest BCUT2D eigenvalue weighted by Crippen LogP contribution is -2.67. The van der Waals surface area contributed by atoms with Gasteiger partial charge in [-0.25, -0.2) is 14.6 Å². The topological polar surface area (TPSA) is 77.4 Å². The average Bonchev–Trinajstić information content (AvgIpc) is 3.21. The molecule has 3 aromatic rings. The standard InChI is InChI=1S/C27H24N2O5/c1-26(2)33-24(30)27(25(31)34-26)22(18-14-16-21(32-3)17-15-18)23(19-10-6-4-7-11-19)28-29(27)20-12-8-5-9-13-20/h4-17,22H,1-3H3. The number of cyclic esters (lactones) is 2. The van der Waals surface area contributed by atoms with E-state index in [9.17, 15) is 9.59 Å². The molecule has 34 heavy (non-hydrogen) atoms. The first-order valence-electron chi connectivity index (χ1n) is 11.0. The molecule has 0 N–H and O–H groups in total. The molecule has 5 rings (SSSR count). The molecule has 0 aromatic heterocycles. The van der Waals surface area contributed by atoms with E-state index >= 15 is 0 Å². The largest absolute Gasteiger partial charge is 0.497 e. The van der Waals surface area contributed by atoms with E-state index in [0.29, 0.717) is 22.7 Å². The van der Waals surface area contributed by atoms with Crippen LogP contribution in [0.25, 0.3) is 0 Å². The highest BCUT2D eigenvalue weighted by atomic mass is 16.7. The molecular weight excluding hydrogens is 432 g/mol. The summed E-state index contributed by atoms with van der Waals surface area (Å²) in [5, 5.41) is 6.32. The Hall–Kier alpha value is -4.13. The van der Waals surface area contributed by atoms with Crippen LogP contribution in [0.5, 0.6) is 5.75 Å².